The van der Waals surface area contributed by atoms with Crippen molar-refractivity contribution in [3.05, 3.63) is 21.9 Å². The Hall–Kier alpha value is -0.210. The zero-order valence-corrected chi connectivity index (χ0v) is 14.5. The van der Waals surface area contributed by atoms with Crippen LogP contribution in [0.25, 0.3) is 0 Å². The predicted molar refractivity (Wildman–Crippen MR) is 82.3 cm³/mol. The Bertz CT molecular complexity index is 596. The lowest BCUT2D eigenvalue weighted by molar-refractivity contribution is 0.188. The van der Waals surface area contributed by atoms with Crippen LogP contribution in [0.5, 0.6) is 0 Å². The molecule has 1 aromatic heterocycles. The van der Waals surface area contributed by atoms with E-state index in [4.69, 9.17) is 11.6 Å². The molecule has 1 aromatic rings. The van der Waals surface area contributed by atoms with Crippen molar-refractivity contribution < 1.29 is 8.42 Å². The molecular weight excluding hydrogens is 366 g/mol. The number of likely N-dealkylation sites (tertiary alicyclic amines) is 1. The molecule has 0 radical (unpaired) electrons. The summed E-state index contributed by atoms with van der Waals surface area (Å²) in [4.78, 5) is 6.07. The van der Waals surface area contributed by atoms with Gasteiger partial charge < -0.3 is 4.90 Å². The van der Waals surface area contributed by atoms with E-state index >= 15 is 0 Å². The van der Waals surface area contributed by atoms with Crippen molar-refractivity contribution in [3.63, 3.8) is 0 Å². The number of piperidine rings is 1. The molecule has 1 N–H and O–H groups in total. The number of aromatic nitrogens is 1. The third-order valence-electron chi connectivity index (χ3n) is 3.48. The molecular formula is C12H17BrClN3O2S. The minimum atomic E-state index is -3.66. The average Bonchev–Trinajstić information content (AvgIpc) is 2.35. The summed E-state index contributed by atoms with van der Waals surface area (Å²) in [5.41, 5.74) is 0. The summed E-state index contributed by atoms with van der Waals surface area (Å²) in [6, 6.07) is 1.39. The predicted octanol–water partition coefficient (Wildman–Crippen LogP) is 2.12. The van der Waals surface area contributed by atoms with Crippen molar-refractivity contribution in [3.8, 4) is 0 Å². The van der Waals surface area contributed by atoms with Gasteiger partial charge in [0.15, 0.2) is 0 Å². The Morgan fingerprint density at radius 1 is 1.55 bits per heavy atom. The number of hydrogen-bond donors (Lipinski definition) is 1. The van der Waals surface area contributed by atoms with E-state index in [0.717, 1.165) is 19.5 Å². The zero-order chi connectivity index (χ0) is 14.9. The molecule has 2 rings (SSSR count). The van der Waals surface area contributed by atoms with Crippen molar-refractivity contribution in [1.82, 2.24) is 14.6 Å². The lowest BCUT2D eigenvalue weighted by Crippen LogP contribution is -2.48. The normalized spacial score (nSPS) is 24.8. The van der Waals surface area contributed by atoms with Gasteiger partial charge in [-0.3, -0.25) is 0 Å². The quantitative estimate of drug-likeness (QED) is 0.813. The Morgan fingerprint density at radius 3 is 2.90 bits per heavy atom. The Kier molecular flexibility index (Phi) is 5.07. The highest BCUT2D eigenvalue weighted by atomic mass is 79.9. The van der Waals surface area contributed by atoms with Crippen LogP contribution >= 0.6 is 27.5 Å². The van der Waals surface area contributed by atoms with Gasteiger partial charge in [-0.15, -0.1) is 0 Å². The molecule has 0 bridgehead atoms. The van der Waals surface area contributed by atoms with Crippen molar-refractivity contribution in [2.75, 3.05) is 20.1 Å². The molecule has 112 valence electrons. The molecule has 8 heteroatoms. The summed E-state index contributed by atoms with van der Waals surface area (Å²) in [5, 5.41) is -0.0127. The van der Waals surface area contributed by atoms with Gasteiger partial charge in [-0.1, -0.05) is 18.5 Å². The molecule has 0 aliphatic carbocycles. The van der Waals surface area contributed by atoms with Gasteiger partial charge in [-0.25, -0.2) is 18.1 Å². The monoisotopic (exact) mass is 381 g/mol. The van der Waals surface area contributed by atoms with Crippen molar-refractivity contribution in [2.45, 2.75) is 24.3 Å². The van der Waals surface area contributed by atoms with Gasteiger partial charge in [0.25, 0.3) is 0 Å². The summed E-state index contributed by atoms with van der Waals surface area (Å²) >= 11 is 9.11. The first-order valence-corrected chi connectivity index (χ1v) is 8.97. The molecule has 1 fully saturated rings. The van der Waals surface area contributed by atoms with Gasteiger partial charge in [0.1, 0.15) is 10.0 Å². The topological polar surface area (TPSA) is 62.3 Å². The van der Waals surface area contributed by atoms with Gasteiger partial charge in [0, 0.05) is 23.3 Å². The van der Waals surface area contributed by atoms with Crippen LogP contribution < -0.4 is 4.72 Å². The third-order valence-corrected chi connectivity index (χ3v) is 5.83. The average molecular weight is 383 g/mol. The molecule has 1 saturated heterocycles. The molecule has 0 saturated carbocycles. The Morgan fingerprint density at radius 2 is 2.25 bits per heavy atom. The smallest absolute Gasteiger partial charge is 0.243 e. The molecule has 1 aliphatic rings. The minimum absolute atomic E-state index is 0.0127. The van der Waals surface area contributed by atoms with E-state index in [1.54, 1.807) is 0 Å². The van der Waals surface area contributed by atoms with Crippen LogP contribution in [0, 0.1) is 5.92 Å². The minimum Gasteiger partial charge on any atom is -0.306 e. The van der Waals surface area contributed by atoms with Gasteiger partial charge in [-0.05, 0) is 47.9 Å². The summed E-state index contributed by atoms with van der Waals surface area (Å²) in [7, 11) is -1.62. The second-order valence-electron chi connectivity index (χ2n) is 5.20. The van der Waals surface area contributed by atoms with E-state index in [1.807, 2.05) is 14.0 Å². The van der Waals surface area contributed by atoms with Crippen LogP contribution in [0.15, 0.2) is 21.6 Å². The van der Waals surface area contributed by atoms with Crippen LogP contribution in [0.4, 0.5) is 0 Å². The highest BCUT2D eigenvalue weighted by Crippen LogP contribution is 2.24. The molecule has 0 spiro atoms. The van der Waals surface area contributed by atoms with E-state index in [1.165, 1.54) is 12.3 Å². The zero-order valence-electron chi connectivity index (χ0n) is 11.3. The highest BCUT2D eigenvalue weighted by Gasteiger charge is 2.30. The summed E-state index contributed by atoms with van der Waals surface area (Å²) in [5.74, 6) is 0.252. The molecule has 20 heavy (non-hydrogen) atoms. The lowest BCUT2D eigenvalue weighted by atomic mass is 9.95. The number of halogens is 2. The summed E-state index contributed by atoms with van der Waals surface area (Å²) < 4.78 is 28.2. The first-order valence-electron chi connectivity index (χ1n) is 6.31. The van der Waals surface area contributed by atoms with E-state index in [2.05, 4.69) is 30.5 Å². The fourth-order valence-corrected chi connectivity index (χ4v) is 4.71. The van der Waals surface area contributed by atoms with E-state index in [0.29, 0.717) is 4.47 Å². The first kappa shape index (κ1) is 16.2. The van der Waals surface area contributed by atoms with Crippen molar-refractivity contribution in [1.29, 1.82) is 0 Å². The summed E-state index contributed by atoms with van der Waals surface area (Å²) in [6.07, 6.45) is 2.26. The number of nitrogens with zero attached hydrogens (tertiary/aromatic N) is 2. The number of hydrogen-bond acceptors (Lipinski definition) is 4. The van der Waals surface area contributed by atoms with Crippen LogP contribution in [-0.4, -0.2) is 44.5 Å². The number of sulfonamides is 1. The fraction of sp³-hybridized carbons (Fsp3) is 0.583. The first-order chi connectivity index (χ1) is 9.29. The maximum Gasteiger partial charge on any atom is 0.243 e. The molecule has 5 nitrogen and oxygen atoms in total. The van der Waals surface area contributed by atoms with Gasteiger partial charge >= 0.3 is 0 Å². The maximum atomic E-state index is 12.4. The second kappa shape index (κ2) is 6.27. The number of nitrogens with one attached hydrogen (secondary N) is 1. The maximum absolute atomic E-state index is 12.4. The second-order valence-corrected chi connectivity index (χ2v) is 8.15. The van der Waals surface area contributed by atoms with E-state index in [9.17, 15) is 8.42 Å². The van der Waals surface area contributed by atoms with Crippen molar-refractivity contribution in [2.24, 2.45) is 5.92 Å². The largest absolute Gasteiger partial charge is 0.306 e. The lowest BCUT2D eigenvalue weighted by Gasteiger charge is -2.34. The van der Waals surface area contributed by atoms with Crippen molar-refractivity contribution >= 4 is 37.6 Å². The van der Waals surface area contributed by atoms with E-state index < -0.39 is 10.0 Å². The van der Waals surface area contributed by atoms with Gasteiger partial charge in [0.2, 0.25) is 10.0 Å². The third kappa shape index (κ3) is 3.71. The number of pyridine rings is 1. The molecule has 0 amide bonds. The Balaban J connectivity index is 2.21. The standard InChI is InChI=1S/C12H17BrClN3O2S/c1-8-7-17(2)4-3-10(8)16-20(18,19)11-5-9(13)6-15-12(11)14/h5-6,8,10,16H,3-4,7H2,1-2H3. The van der Waals surface area contributed by atoms with Crippen LogP contribution in [0.2, 0.25) is 5.15 Å². The molecule has 2 unspecified atom stereocenters. The van der Waals surface area contributed by atoms with Gasteiger partial charge in [-0.2, -0.15) is 0 Å². The van der Waals surface area contributed by atoms with Crippen LogP contribution in [0.3, 0.4) is 0 Å². The van der Waals surface area contributed by atoms with Gasteiger partial charge in [0.05, 0.1) is 0 Å². The molecule has 0 aromatic carbocycles. The summed E-state index contributed by atoms with van der Waals surface area (Å²) in [6.45, 7) is 3.79. The molecule has 2 atom stereocenters. The van der Waals surface area contributed by atoms with Crippen LogP contribution in [-0.2, 0) is 10.0 Å². The Labute approximate surface area is 132 Å². The number of rotatable bonds is 3. The fourth-order valence-electron chi connectivity index (χ4n) is 2.38. The van der Waals surface area contributed by atoms with E-state index in [-0.39, 0.29) is 22.0 Å². The highest BCUT2D eigenvalue weighted by molar-refractivity contribution is 9.10. The SMILES string of the molecule is CC1CN(C)CCC1NS(=O)(=O)c1cc(Br)cnc1Cl. The van der Waals surface area contributed by atoms with Crippen LogP contribution in [0.1, 0.15) is 13.3 Å². The molecule has 2 heterocycles. The molecule has 1 aliphatic heterocycles.